The van der Waals surface area contributed by atoms with Gasteiger partial charge < -0.3 is 0 Å². The van der Waals surface area contributed by atoms with E-state index in [-0.39, 0.29) is 0 Å². The maximum Gasteiger partial charge on any atom is 0.234 e. The van der Waals surface area contributed by atoms with Gasteiger partial charge in [0.2, 0.25) is 6.29 Å². The topological polar surface area (TPSA) is 17.1 Å². The summed E-state index contributed by atoms with van der Waals surface area (Å²) in [5, 5.41) is 0. The van der Waals surface area contributed by atoms with E-state index < -0.39 is 0 Å². The van der Waals surface area contributed by atoms with Crippen molar-refractivity contribution in [3.63, 3.8) is 0 Å². The molecule has 0 spiro atoms. The molecule has 0 bridgehead atoms. The molecule has 1 nitrogen and oxygen atoms in total. The highest BCUT2D eigenvalue weighted by Crippen LogP contribution is 2.11. The van der Waals surface area contributed by atoms with E-state index in [0.717, 1.165) is 23.1 Å². The molecule has 0 aliphatic heterocycles. The Kier molecular flexibility index (Phi) is 2.42. The minimum atomic E-state index is 0.731. The molecule has 57 valence electrons. The molecule has 0 saturated carbocycles. The first kappa shape index (κ1) is 7.99. The van der Waals surface area contributed by atoms with Gasteiger partial charge in [0.25, 0.3) is 0 Å². The van der Waals surface area contributed by atoms with Crippen molar-refractivity contribution in [3.05, 3.63) is 34.9 Å². The minimum Gasteiger partial charge on any atom is -0.285 e. The van der Waals surface area contributed by atoms with Crippen LogP contribution in [0.1, 0.15) is 23.6 Å². The van der Waals surface area contributed by atoms with Crippen LogP contribution in [-0.2, 0) is 11.2 Å². The molecule has 0 saturated heterocycles. The lowest BCUT2D eigenvalue weighted by Crippen LogP contribution is -1.93. The van der Waals surface area contributed by atoms with Crippen LogP contribution >= 0.6 is 0 Å². The van der Waals surface area contributed by atoms with Gasteiger partial charge >= 0.3 is 0 Å². The number of rotatable bonds is 2. The highest BCUT2D eigenvalue weighted by molar-refractivity contribution is 5.79. The van der Waals surface area contributed by atoms with E-state index in [1.165, 1.54) is 0 Å². The molecule has 1 radical (unpaired) electrons. The zero-order valence-electron chi connectivity index (χ0n) is 6.85. The number of hydrogen-bond donors (Lipinski definition) is 0. The Morgan fingerprint density at radius 1 is 1.45 bits per heavy atom. The summed E-state index contributed by atoms with van der Waals surface area (Å²) in [7, 11) is 0. The zero-order valence-corrected chi connectivity index (χ0v) is 6.85. The molecule has 0 aromatic heterocycles. The predicted molar refractivity (Wildman–Crippen MR) is 45.4 cm³/mol. The fourth-order valence-corrected chi connectivity index (χ4v) is 1.17. The van der Waals surface area contributed by atoms with Gasteiger partial charge in [-0.2, -0.15) is 0 Å². The predicted octanol–water partition coefficient (Wildman–Crippen LogP) is 2.02. The molecule has 0 aliphatic rings. The summed E-state index contributed by atoms with van der Waals surface area (Å²) in [4.78, 5) is 10.5. The van der Waals surface area contributed by atoms with Crippen LogP contribution in [0.3, 0.4) is 0 Å². The Labute approximate surface area is 67.1 Å². The number of benzene rings is 1. The first-order valence-corrected chi connectivity index (χ1v) is 3.76. The molecule has 1 aromatic carbocycles. The van der Waals surface area contributed by atoms with Crippen molar-refractivity contribution in [2.24, 2.45) is 0 Å². The fourth-order valence-electron chi connectivity index (χ4n) is 1.17. The van der Waals surface area contributed by atoms with Crippen LogP contribution in [-0.4, -0.2) is 6.29 Å². The van der Waals surface area contributed by atoms with Gasteiger partial charge in [0.1, 0.15) is 0 Å². The van der Waals surface area contributed by atoms with Crippen molar-refractivity contribution in [2.75, 3.05) is 0 Å². The van der Waals surface area contributed by atoms with Crippen molar-refractivity contribution in [2.45, 2.75) is 20.3 Å². The molecule has 0 N–H and O–H groups in total. The van der Waals surface area contributed by atoms with Crippen molar-refractivity contribution >= 4 is 6.29 Å². The van der Waals surface area contributed by atoms with Gasteiger partial charge in [-0.1, -0.05) is 25.1 Å². The van der Waals surface area contributed by atoms with Crippen LogP contribution in [0.4, 0.5) is 0 Å². The minimum absolute atomic E-state index is 0.731. The molecule has 1 rings (SSSR count). The molecular weight excluding hydrogens is 136 g/mol. The van der Waals surface area contributed by atoms with Crippen molar-refractivity contribution in [1.29, 1.82) is 0 Å². The first-order valence-electron chi connectivity index (χ1n) is 3.76. The third-order valence-corrected chi connectivity index (χ3v) is 1.84. The van der Waals surface area contributed by atoms with Gasteiger partial charge in [0.15, 0.2) is 0 Å². The zero-order chi connectivity index (χ0) is 8.27. The summed E-state index contributed by atoms with van der Waals surface area (Å²) >= 11 is 0. The van der Waals surface area contributed by atoms with E-state index in [2.05, 4.69) is 0 Å². The lowest BCUT2D eigenvalue weighted by atomic mass is 10.0. The monoisotopic (exact) mass is 147 g/mol. The van der Waals surface area contributed by atoms with Gasteiger partial charge in [-0.05, 0) is 24.5 Å². The van der Waals surface area contributed by atoms with Crippen LogP contribution in [0.15, 0.2) is 18.2 Å². The summed E-state index contributed by atoms with van der Waals surface area (Å²) < 4.78 is 0. The average Bonchev–Trinajstić information content (AvgIpc) is 2.04. The first-order chi connectivity index (χ1) is 5.29. The molecule has 0 amide bonds. The summed E-state index contributed by atoms with van der Waals surface area (Å²) in [5.74, 6) is 0. The lowest BCUT2D eigenvalue weighted by molar-refractivity contribution is 0.562. The number of aryl methyl sites for hydroxylation is 2. The second kappa shape index (κ2) is 3.33. The Morgan fingerprint density at radius 2 is 2.18 bits per heavy atom. The SMILES string of the molecule is CCc1cccc(C)c1[C]=O. The lowest BCUT2D eigenvalue weighted by Gasteiger charge is -2.02. The smallest absolute Gasteiger partial charge is 0.234 e. The molecule has 0 heterocycles. The van der Waals surface area contributed by atoms with Crippen LogP contribution < -0.4 is 0 Å². The molecule has 1 aromatic rings. The van der Waals surface area contributed by atoms with E-state index in [0.29, 0.717) is 0 Å². The van der Waals surface area contributed by atoms with Gasteiger partial charge in [-0.15, -0.1) is 0 Å². The number of hydrogen-bond acceptors (Lipinski definition) is 1. The summed E-state index contributed by atoms with van der Waals surface area (Å²) in [6.07, 6.45) is 2.86. The maximum atomic E-state index is 10.5. The molecule has 0 fully saturated rings. The van der Waals surface area contributed by atoms with Crippen molar-refractivity contribution < 1.29 is 4.79 Å². The Hall–Kier alpha value is -1.11. The van der Waals surface area contributed by atoms with Crippen LogP contribution in [0.2, 0.25) is 0 Å². The molecule has 11 heavy (non-hydrogen) atoms. The highest BCUT2D eigenvalue weighted by atomic mass is 16.1. The average molecular weight is 147 g/mol. The largest absolute Gasteiger partial charge is 0.285 e. The van der Waals surface area contributed by atoms with Gasteiger partial charge in [-0.25, -0.2) is 0 Å². The Balaban J connectivity index is 3.24. The molecule has 0 unspecified atom stereocenters. The molecular formula is C10H11O. The molecule has 0 atom stereocenters. The maximum absolute atomic E-state index is 10.5. The van der Waals surface area contributed by atoms with E-state index in [9.17, 15) is 4.79 Å². The standard InChI is InChI=1S/C10H11O/c1-3-9-6-4-5-8(2)10(9)7-11/h4-6H,3H2,1-2H3. The highest BCUT2D eigenvalue weighted by Gasteiger charge is 2.01. The second-order valence-corrected chi connectivity index (χ2v) is 2.56. The Bertz CT molecular complexity index is 264. The molecule has 1 heteroatoms. The van der Waals surface area contributed by atoms with E-state index in [4.69, 9.17) is 0 Å². The normalized spacial score (nSPS) is 9.64. The van der Waals surface area contributed by atoms with Gasteiger partial charge in [-0.3, -0.25) is 4.79 Å². The second-order valence-electron chi connectivity index (χ2n) is 2.56. The third kappa shape index (κ3) is 1.48. The van der Waals surface area contributed by atoms with Crippen LogP contribution in [0, 0.1) is 6.92 Å². The van der Waals surface area contributed by atoms with Gasteiger partial charge in [0, 0.05) is 5.56 Å². The fraction of sp³-hybridized carbons (Fsp3) is 0.300. The summed E-state index contributed by atoms with van der Waals surface area (Å²) in [5.41, 5.74) is 2.83. The van der Waals surface area contributed by atoms with Crippen LogP contribution in [0.25, 0.3) is 0 Å². The van der Waals surface area contributed by atoms with E-state index in [1.54, 1.807) is 0 Å². The quantitative estimate of drug-likeness (QED) is 0.625. The van der Waals surface area contributed by atoms with Crippen molar-refractivity contribution in [3.8, 4) is 0 Å². The van der Waals surface area contributed by atoms with E-state index in [1.807, 2.05) is 38.3 Å². The third-order valence-electron chi connectivity index (χ3n) is 1.84. The van der Waals surface area contributed by atoms with E-state index >= 15 is 0 Å². The number of carbonyl (C=O) groups excluding carboxylic acids is 1. The molecule has 0 aliphatic carbocycles. The van der Waals surface area contributed by atoms with Crippen LogP contribution in [0.5, 0.6) is 0 Å². The van der Waals surface area contributed by atoms with Crippen molar-refractivity contribution in [1.82, 2.24) is 0 Å². The summed E-state index contributed by atoms with van der Waals surface area (Å²) in [6, 6.07) is 5.86. The Morgan fingerprint density at radius 3 is 2.64 bits per heavy atom. The summed E-state index contributed by atoms with van der Waals surface area (Å²) in [6.45, 7) is 3.97. The van der Waals surface area contributed by atoms with Gasteiger partial charge in [0.05, 0.1) is 0 Å².